The number of hydrogen-bond donors (Lipinski definition) is 0. The molecule has 0 bridgehead atoms. The lowest BCUT2D eigenvalue weighted by molar-refractivity contribution is -0.123. The van der Waals surface area contributed by atoms with Crippen molar-refractivity contribution < 1.29 is 14.3 Å². The molecular weight excluding hydrogens is 248 g/mol. The highest BCUT2D eigenvalue weighted by atomic mass is 79.9. The molecule has 0 amide bonds. The van der Waals surface area contributed by atoms with Gasteiger partial charge in [0.2, 0.25) is 0 Å². The van der Waals surface area contributed by atoms with Gasteiger partial charge in [-0.05, 0) is 20.8 Å². The Morgan fingerprint density at radius 1 is 1.29 bits per heavy atom. The zero-order chi connectivity index (χ0) is 11.8. The highest BCUT2D eigenvalue weighted by Gasteiger charge is 1.94. The van der Waals surface area contributed by atoms with Crippen molar-refractivity contribution in [1.82, 2.24) is 0 Å². The third-order valence-corrected chi connectivity index (χ3v) is 1.13. The Labute approximate surface area is 95.6 Å². The maximum Gasteiger partial charge on any atom is 0.154 e. The normalized spacial score (nSPS) is 8.07. The molecule has 0 aromatic carbocycles. The summed E-state index contributed by atoms with van der Waals surface area (Å²) in [6.07, 6.45) is 0.755. The molecule has 0 atom stereocenters. The summed E-state index contributed by atoms with van der Waals surface area (Å²) in [6.45, 7) is 13.3. The molecule has 0 aromatic rings. The van der Waals surface area contributed by atoms with Crippen molar-refractivity contribution in [2.24, 2.45) is 0 Å². The molecule has 0 aliphatic rings. The third-order valence-electron chi connectivity index (χ3n) is 0.866. The van der Waals surface area contributed by atoms with Gasteiger partial charge in [0.15, 0.2) is 6.29 Å². The minimum atomic E-state index is -0.0370. The summed E-state index contributed by atoms with van der Waals surface area (Å²) < 4.78 is 10.1. The van der Waals surface area contributed by atoms with Crippen LogP contribution in [-0.2, 0) is 14.3 Å². The lowest BCUT2D eigenvalue weighted by atomic mass is 10.7. The maximum absolute atomic E-state index is 9.13. The Balaban J connectivity index is -0.000000170. The molecule has 4 heteroatoms. The Bertz CT molecular complexity index is 93.4. The molecule has 3 nitrogen and oxygen atoms in total. The summed E-state index contributed by atoms with van der Waals surface area (Å²) >= 11 is 2.88. The summed E-state index contributed by atoms with van der Waals surface area (Å²) in [4.78, 5) is 9.13. The minimum absolute atomic E-state index is 0.0370. The van der Waals surface area contributed by atoms with Gasteiger partial charge in [-0.2, -0.15) is 0 Å². The second kappa shape index (κ2) is 23.0. The van der Waals surface area contributed by atoms with E-state index in [0.717, 1.165) is 19.5 Å². The standard InChI is InChI=1S/C6H14O2.C2H3BrO.C2H4/c1-4-7-6(3)8-5-2;3-1-2-4;1-2/h6H,4-5H2,1-3H3;2H,1H2;1-2H2. The topological polar surface area (TPSA) is 35.5 Å². The zero-order valence-corrected chi connectivity index (χ0v) is 10.9. The SMILES string of the molecule is C=C.CCOC(C)OCC.O=CCBr. The van der Waals surface area contributed by atoms with Gasteiger partial charge in [0.25, 0.3) is 0 Å². The largest absolute Gasteiger partial charge is 0.353 e. The maximum atomic E-state index is 9.13. The lowest BCUT2D eigenvalue weighted by Crippen LogP contribution is -2.11. The van der Waals surface area contributed by atoms with E-state index in [1.807, 2.05) is 20.8 Å². The second-order valence-electron chi connectivity index (χ2n) is 1.80. The average molecular weight is 269 g/mol. The quantitative estimate of drug-likeness (QED) is 0.333. The third kappa shape index (κ3) is 29.8. The van der Waals surface area contributed by atoms with Crippen LogP contribution in [0.4, 0.5) is 0 Å². The van der Waals surface area contributed by atoms with Gasteiger partial charge in [0.05, 0.1) is 5.33 Å². The number of aldehydes is 1. The zero-order valence-electron chi connectivity index (χ0n) is 9.29. The Morgan fingerprint density at radius 2 is 1.57 bits per heavy atom. The summed E-state index contributed by atoms with van der Waals surface area (Å²) in [5.74, 6) is 0. The smallest absolute Gasteiger partial charge is 0.154 e. The number of ether oxygens (including phenoxy) is 2. The monoisotopic (exact) mass is 268 g/mol. The molecule has 86 valence electrons. The summed E-state index contributed by atoms with van der Waals surface area (Å²) in [5.41, 5.74) is 0. The van der Waals surface area contributed by atoms with Gasteiger partial charge < -0.3 is 14.3 Å². The van der Waals surface area contributed by atoms with Crippen LogP contribution in [0, 0.1) is 0 Å². The summed E-state index contributed by atoms with van der Waals surface area (Å²) in [6, 6.07) is 0. The predicted octanol–water partition coefficient (Wildman–Crippen LogP) is 2.79. The molecule has 0 saturated heterocycles. The van der Waals surface area contributed by atoms with Crippen molar-refractivity contribution in [2.75, 3.05) is 18.5 Å². The van der Waals surface area contributed by atoms with E-state index in [1.165, 1.54) is 0 Å². The van der Waals surface area contributed by atoms with Crippen molar-refractivity contribution in [3.8, 4) is 0 Å². The van der Waals surface area contributed by atoms with Crippen molar-refractivity contribution in [1.29, 1.82) is 0 Å². The Hall–Kier alpha value is -0.190. The van der Waals surface area contributed by atoms with Crippen molar-refractivity contribution in [3.63, 3.8) is 0 Å². The average Bonchev–Trinajstić information content (AvgIpc) is 2.22. The van der Waals surface area contributed by atoms with Crippen molar-refractivity contribution in [2.45, 2.75) is 27.1 Å². The molecule has 0 spiro atoms. The lowest BCUT2D eigenvalue weighted by Gasteiger charge is -2.09. The number of alkyl halides is 1. The van der Waals surface area contributed by atoms with E-state index in [-0.39, 0.29) is 6.29 Å². The molecule has 0 aliphatic heterocycles. The van der Waals surface area contributed by atoms with E-state index in [0.29, 0.717) is 5.33 Å². The molecule has 0 radical (unpaired) electrons. The fraction of sp³-hybridized carbons (Fsp3) is 0.700. The predicted molar refractivity (Wildman–Crippen MR) is 63.8 cm³/mol. The highest BCUT2D eigenvalue weighted by Crippen LogP contribution is 1.90. The van der Waals surface area contributed by atoms with Gasteiger partial charge in [-0.3, -0.25) is 0 Å². The van der Waals surface area contributed by atoms with Crippen LogP contribution in [0.1, 0.15) is 20.8 Å². The molecule has 0 rings (SSSR count). The van der Waals surface area contributed by atoms with Gasteiger partial charge in [0, 0.05) is 13.2 Å². The van der Waals surface area contributed by atoms with E-state index in [4.69, 9.17) is 14.3 Å². The number of carbonyl (C=O) groups excluding carboxylic acids is 1. The van der Waals surface area contributed by atoms with Crippen LogP contribution in [0.25, 0.3) is 0 Å². The first-order valence-corrected chi connectivity index (χ1v) is 5.57. The van der Waals surface area contributed by atoms with Crippen LogP contribution in [0.15, 0.2) is 13.2 Å². The highest BCUT2D eigenvalue weighted by molar-refractivity contribution is 9.09. The van der Waals surface area contributed by atoms with E-state index in [2.05, 4.69) is 29.1 Å². The number of carbonyl (C=O) groups is 1. The Kier molecular flexibility index (Phi) is 31.9. The summed E-state index contributed by atoms with van der Waals surface area (Å²) in [7, 11) is 0. The van der Waals surface area contributed by atoms with Crippen LogP contribution >= 0.6 is 15.9 Å². The number of rotatable bonds is 5. The van der Waals surface area contributed by atoms with Crippen LogP contribution < -0.4 is 0 Å². The van der Waals surface area contributed by atoms with Crippen LogP contribution in [-0.4, -0.2) is 31.1 Å². The first kappa shape index (κ1) is 19.4. The van der Waals surface area contributed by atoms with E-state index in [1.54, 1.807) is 0 Å². The first-order valence-electron chi connectivity index (χ1n) is 4.45. The second-order valence-corrected chi connectivity index (χ2v) is 2.45. The van der Waals surface area contributed by atoms with Crippen molar-refractivity contribution in [3.05, 3.63) is 13.2 Å². The first-order chi connectivity index (χ1) is 6.72. The van der Waals surface area contributed by atoms with E-state index < -0.39 is 0 Å². The molecule has 0 fully saturated rings. The van der Waals surface area contributed by atoms with E-state index >= 15 is 0 Å². The van der Waals surface area contributed by atoms with Crippen LogP contribution in [0.3, 0.4) is 0 Å². The fourth-order valence-electron chi connectivity index (χ4n) is 0.518. The molecule has 0 N–H and O–H groups in total. The summed E-state index contributed by atoms with van der Waals surface area (Å²) in [5, 5.41) is 0.451. The molecule has 0 aromatic heterocycles. The van der Waals surface area contributed by atoms with Gasteiger partial charge in [-0.25, -0.2) is 0 Å². The van der Waals surface area contributed by atoms with Crippen LogP contribution in [0.2, 0.25) is 0 Å². The fourth-order valence-corrected chi connectivity index (χ4v) is 0.518. The van der Waals surface area contributed by atoms with Crippen LogP contribution in [0.5, 0.6) is 0 Å². The molecule has 0 aliphatic carbocycles. The molecule has 0 heterocycles. The van der Waals surface area contributed by atoms with Gasteiger partial charge in [-0.1, -0.05) is 15.9 Å². The molecule has 0 unspecified atom stereocenters. The van der Waals surface area contributed by atoms with Gasteiger partial charge >= 0.3 is 0 Å². The van der Waals surface area contributed by atoms with Crippen molar-refractivity contribution >= 4 is 22.2 Å². The molecule has 0 saturated carbocycles. The molecular formula is C10H21BrO3. The minimum Gasteiger partial charge on any atom is -0.353 e. The Morgan fingerprint density at radius 3 is 1.71 bits per heavy atom. The number of halogens is 1. The molecule has 14 heavy (non-hydrogen) atoms. The number of hydrogen-bond acceptors (Lipinski definition) is 3. The van der Waals surface area contributed by atoms with Gasteiger partial charge in [-0.15, -0.1) is 13.2 Å². The van der Waals surface area contributed by atoms with Gasteiger partial charge in [0.1, 0.15) is 6.29 Å². The van der Waals surface area contributed by atoms with E-state index in [9.17, 15) is 0 Å².